The van der Waals surface area contributed by atoms with Gasteiger partial charge in [-0.2, -0.15) is 0 Å². The molecule has 2 aliphatic rings. The highest BCUT2D eigenvalue weighted by Gasteiger charge is 2.55. The summed E-state index contributed by atoms with van der Waals surface area (Å²) in [6, 6.07) is 3.18. The second-order valence-electron chi connectivity index (χ2n) is 7.38. The molecule has 1 saturated heterocycles. The van der Waals surface area contributed by atoms with Gasteiger partial charge in [-0.15, -0.1) is 0 Å². The van der Waals surface area contributed by atoms with Gasteiger partial charge in [-0.05, 0) is 25.1 Å². The van der Waals surface area contributed by atoms with Crippen LogP contribution in [-0.4, -0.2) is 56.8 Å². The Bertz CT molecular complexity index is 930. The summed E-state index contributed by atoms with van der Waals surface area (Å²) >= 11 is 0. The van der Waals surface area contributed by atoms with Crippen LogP contribution in [-0.2, 0) is 16.1 Å². The second kappa shape index (κ2) is 7.44. The summed E-state index contributed by atoms with van der Waals surface area (Å²) in [4.78, 5) is 35.7. The Morgan fingerprint density at radius 1 is 1.32 bits per heavy atom. The molecule has 8 nitrogen and oxygen atoms in total. The molecule has 0 radical (unpaired) electrons. The van der Waals surface area contributed by atoms with E-state index in [0.29, 0.717) is 24.2 Å². The zero-order valence-corrected chi connectivity index (χ0v) is 16.0. The van der Waals surface area contributed by atoms with Crippen LogP contribution in [0.25, 0.3) is 11.1 Å². The fraction of sp³-hybridized carbons (Fsp3) is 0.500. The van der Waals surface area contributed by atoms with Gasteiger partial charge in [0.25, 0.3) is 5.56 Å². The van der Waals surface area contributed by atoms with Crippen molar-refractivity contribution in [3.8, 4) is 11.1 Å². The van der Waals surface area contributed by atoms with Crippen molar-refractivity contribution in [2.75, 3.05) is 20.3 Å². The number of aliphatic hydroxyl groups excluding tert-OH is 1. The predicted octanol–water partition coefficient (Wildman–Crippen LogP) is 0.852. The highest BCUT2D eigenvalue weighted by atomic mass is 16.5. The maximum Gasteiger partial charge on any atom is 0.323 e. The Morgan fingerprint density at radius 2 is 2.07 bits per heavy atom. The fourth-order valence-electron chi connectivity index (χ4n) is 4.87. The number of nitrogens with zero attached hydrogens (tertiary/aromatic N) is 4. The number of hydrogen-bond acceptors (Lipinski definition) is 7. The van der Waals surface area contributed by atoms with Crippen LogP contribution < -0.4 is 5.56 Å². The van der Waals surface area contributed by atoms with Gasteiger partial charge in [-0.1, -0.05) is 6.92 Å². The van der Waals surface area contributed by atoms with Crippen molar-refractivity contribution in [2.24, 2.45) is 11.8 Å². The number of aromatic nitrogens is 3. The molecular weight excluding hydrogens is 360 g/mol. The Hall–Kier alpha value is -2.58. The minimum absolute atomic E-state index is 0.0179. The number of esters is 1. The number of likely N-dealkylation sites (tertiary alicyclic amines) is 1. The maximum atomic E-state index is 13.2. The third kappa shape index (κ3) is 2.75. The molecule has 28 heavy (non-hydrogen) atoms. The Kier molecular flexibility index (Phi) is 4.99. The van der Waals surface area contributed by atoms with Crippen LogP contribution in [0.2, 0.25) is 0 Å². The van der Waals surface area contributed by atoms with Gasteiger partial charge in [0.1, 0.15) is 12.4 Å². The number of aliphatic hydroxyl groups is 1. The molecule has 1 fully saturated rings. The predicted molar refractivity (Wildman–Crippen MR) is 101 cm³/mol. The monoisotopic (exact) mass is 384 g/mol. The Balaban J connectivity index is 1.79. The number of carbonyl (C=O) groups excluding carboxylic acids is 1. The van der Waals surface area contributed by atoms with E-state index in [4.69, 9.17) is 4.74 Å². The van der Waals surface area contributed by atoms with Gasteiger partial charge >= 0.3 is 5.97 Å². The van der Waals surface area contributed by atoms with Crippen LogP contribution >= 0.6 is 0 Å². The van der Waals surface area contributed by atoms with Crippen molar-refractivity contribution >= 4 is 5.97 Å². The van der Waals surface area contributed by atoms with E-state index < -0.39 is 6.04 Å². The number of ether oxygens (including phenoxy) is 1. The summed E-state index contributed by atoms with van der Waals surface area (Å²) in [6.07, 6.45) is 5.54. The first kappa shape index (κ1) is 18.8. The van der Waals surface area contributed by atoms with E-state index in [9.17, 15) is 14.7 Å². The minimum Gasteiger partial charge on any atom is -0.468 e. The van der Waals surface area contributed by atoms with Gasteiger partial charge in [-0.3, -0.25) is 14.5 Å². The highest BCUT2D eigenvalue weighted by Crippen LogP contribution is 2.49. The largest absolute Gasteiger partial charge is 0.468 e. The summed E-state index contributed by atoms with van der Waals surface area (Å²) in [5, 5.41) is 10.1. The lowest BCUT2D eigenvalue weighted by atomic mass is 9.88. The van der Waals surface area contributed by atoms with E-state index in [-0.39, 0.29) is 36.0 Å². The summed E-state index contributed by atoms with van der Waals surface area (Å²) < 4.78 is 6.80. The van der Waals surface area contributed by atoms with E-state index in [2.05, 4.69) is 21.8 Å². The van der Waals surface area contributed by atoms with Crippen molar-refractivity contribution in [3.05, 3.63) is 46.9 Å². The van der Waals surface area contributed by atoms with Gasteiger partial charge in [0.2, 0.25) is 0 Å². The molecule has 2 aromatic heterocycles. The van der Waals surface area contributed by atoms with Gasteiger partial charge < -0.3 is 14.4 Å². The van der Waals surface area contributed by atoms with Crippen LogP contribution in [0.4, 0.5) is 0 Å². The zero-order chi connectivity index (χ0) is 19.8. The Labute approximate surface area is 162 Å². The van der Waals surface area contributed by atoms with Gasteiger partial charge in [0.15, 0.2) is 0 Å². The average Bonchev–Trinajstić information content (AvgIpc) is 3.24. The van der Waals surface area contributed by atoms with Crippen LogP contribution in [0.1, 0.15) is 25.1 Å². The van der Waals surface area contributed by atoms with E-state index >= 15 is 0 Å². The first-order valence-corrected chi connectivity index (χ1v) is 9.55. The van der Waals surface area contributed by atoms with Crippen molar-refractivity contribution in [2.45, 2.75) is 32.0 Å². The Morgan fingerprint density at radius 3 is 2.71 bits per heavy atom. The first-order chi connectivity index (χ1) is 13.6. The lowest BCUT2D eigenvalue weighted by Crippen LogP contribution is -2.43. The number of hydrogen-bond donors (Lipinski definition) is 1. The number of rotatable bonds is 5. The number of carbonyl (C=O) groups is 1. The van der Waals surface area contributed by atoms with Crippen LogP contribution in [0.3, 0.4) is 0 Å². The van der Waals surface area contributed by atoms with E-state index in [1.54, 1.807) is 23.0 Å². The lowest BCUT2D eigenvalue weighted by molar-refractivity contribution is -0.148. The molecule has 0 saturated carbocycles. The fourth-order valence-corrected chi connectivity index (χ4v) is 4.87. The third-order valence-corrected chi connectivity index (χ3v) is 5.99. The summed E-state index contributed by atoms with van der Waals surface area (Å²) in [5.74, 6) is -0.615. The van der Waals surface area contributed by atoms with Crippen LogP contribution in [0.5, 0.6) is 0 Å². The summed E-state index contributed by atoms with van der Waals surface area (Å²) in [6.45, 7) is 3.10. The number of pyridine rings is 1. The van der Waals surface area contributed by atoms with E-state index in [1.807, 2.05) is 6.07 Å². The van der Waals surface area contributed by atoms with Crippen molar-refractivity contribution in [1.82, 2.24) is 19.4 Å². The van der Waals surface area contributed by atoms with Gasteiger partial charge in [0.05, 0.1) is 18.7 Å². The minimum atomic E-state index is -0.490. The van der Waals surface area contributed by atoms with Crippen LogP contribution in [0, 0.1) is 11.8 Å². The molecule has 0 spiro atoms. The molecule has 0 unspecified atom stereocenters. The molecule has 2 aliphatic heterocycles. The molecule has 0 amide bonds. The molecule has 148 valence electrons. The van der Waals surface area contributed by atoms with E-state index in [0.717, 1.165) is 12.1 Å². The maximum absolute atomic E-state index is 13.2. The number of fused-ring (bicyclic) bond motifs is 3. The lowest BCUT2D eigenvalue weighted by Gasteiger charge is -2.29. The topological polar surface area (TPSA) is 97.5 Å². The molecule has 0 aromatic carbocycles. The molecule has 1 N–H and O–H groups in total. The van der Waals surface area contributed by atoms with Gasteiger partial charge in [-0.25, -0.2) is 9.97 Å². The van der Waals surface area contributed by atoms with Crippen molar-refractivity contribution in [3.63, 3.8) is 0 Å². The summed E-state index contributed by atoms with van der Waals surface area (Å²) in [5.41, 5.74) is 2.02. The molecule has 0 bridgehead atoms. The normalized spacial score (nSPS) is 26.1. The second-order valence-corrected chi connectivity index (χ2v) is 7.38. The quantitative estimate of drug-likeness (QED) is 0.763. The molecular formula is C20H24N4O4. The average molecular weight is 384 g/mol. The molecule has 2 aromatic rings. The third-order valence-electron chi connectivity index (χ3n) is 5.99. The van der Waals surface area contributed by atoms with E-state index in [1.165, 1.54) is 13.4 Å². The first-order valence-electron chi connectivity index (χ1n) is 9.55. The molecule has 4 heterocycles. The molecule has 0 aliphatic carbocycles. The molecule has 4 rings (SSSR count). The van der Waals surface area contributed by atoms with Crippen LogP contribution in [0.15, 0.2) is 35.6 Å². The van der Waals surface area contributed by atoms with Crippen molar-refractivity contribution < 1.29 is 14.6 Å². The highest BCUT2D eigenvalue weighted by molar-refractivity contribution is 5.77. The zero-order valence-electron chi connectivity index (χ0n) is 16.0. The SMILES string of the molecule is CCCN1[C@@H]2c3ccc(-c4cncnc4)c(=O)n3C[C@@H]2[C@@H](CO)[C@@H]1C(=O)OC. The summed E-state index contributed by atoms with van der Waals surface area (Å²) in [7, 11) is 1.38. The molecule has 4 atom stereocenters. The standard InChI is InChI=1S/C20H24N4O4/c1-3-6-23-17-14(15(10-25)18(23)20(27)28-2)9-24-16(17)5-4-13(19(24)26)12-7-21-11-22-8-12/h4-5,7-8,11,14-15,17-18,25H,3,6,9-10H2,1-2H3/t14-,15-,17+,18-/m1/s1. The van der Waals surface area contributed by atoms with Crippen molar-refractivity contribution in [1.29, 1.82) is 0 Å². The molecule has 8 heteroatoms. The number of methoxy groups -OCH3 is 1. The smallest absolute Gasteiger partial charge is 0.323 e. The van der Waals surface area contributed by atoms with Gasteiger partial charge in [0, 0.05) is 48.6 Å².